The summed E-state index contributed by atoms with van der Waals surface area (Å²) in [6.07, 6.45) is 0. The Bertz CT molecular complexity index is 235. The van der Waals surface area contributed by atoms with Gasteiger partial charge in [-0.05, 0) is 44.0 Å². The first kappa shape index (κ1) is 8.56. The summed E-state index contributed by atoms with van der Waals surface area (Å²) < 4.78 is 13.7. The first-order valence-electron chi connectivity index (χ1n) is 2.45. The SMILES string of the molecule is Fc1ccc(S)c(Br)c1Br. The average molecular weight is 286 g/mol. The summed E-state index contributed by atoms with van der Waals surface area (Å²) in [5.41, 5.74) is 0. The highest BCUT2D eigenvalue weighted by Gasteiger charge is 2.04. The quantitative estimate of drug-likeness (QED) is 0.546. The van der Waals surface area contributed by atoms with E-state index in [0.717, 1.165) is 0 Å². The normalized spacial score (nSPS) is 10.0. The van der Waals surface area contributed by atoms with Crippen molar-refractivity contribution in [3.63, 3.8) is 0 Å². The van der Waals surface area contributed by atoms with Crippen LogP contribution in [0.15, 0.2) is 26.0 Å². The van der Waals surface area contributed by atoms with Gasteiger partial charge in [0.2, 0.25) is 0 Å². The fourth-order valence-electron chi connectivity index (χ4n) is 0.516. The molecule has 0 amide bonds. The predicted octanol–water partition coefficient (Wildman–Crippen LogP) is 3.64. The lowest BCUT2D eigenvalue weighted by atomic mass is 10.3. The van der Waals surface area contributed by atoms with Gasteiger partial charge in [-0.25, -0.2) is 4.39 Å². The zero-order valence-corrected chi connectivity index (χ0v) is 8.80. The molecule has 0 radical (unpaired) electrons. The smallest absolute Gasteiger partial charge is 0.138 e. The molecule has 0 aromatic heterocycles. The summed E-state index contributed by atoms with van der Waals surface area (Å²) in [4.78, 5) is 0.716. The molecule has 0 aliphatic rings. The third-order valence-electron chi connectivity index (χ3n) is 1.01. The first-order valence-corrected chi connectivity index (χ1v) is 4.48. The second-order valence-electron chi connectivity index (χ2n) is 1.69. The Balaban J connectivity index is 3.34. The van der Waals surface area contributed by atoms with E-state index in [2.05, 4.69) is 44.5 Å². The minimum atomic E-state index is -0.287. The molecule has 54 valence electrons. The Morgan fingerprint density at radius 3 is 2.30 bits per heavy atom. The van der Waals surface area contributed by atoms with Crippen molar-refractivity contribution >= 4 is 44.5 Å². The number of rotatable bonds is 0. The van der Waals surface area contributed by atoms with Gasteiger partial charge in [0.05, 0.1) is 4.47 Å². The van der Waals surface area contributed by atoms with Gasteiger partial charge in [-0.15, -0.1) is 12.6 Å². The molecule has 0 saturated carbocycles. The molecule has 0 aliphatic carbocycles. The molecular weight excluding hydrogens is 283 g/mol. The van der Waals surface area contributed by atoms with E-state index >= 15 is 0 Å². The monoisotopic (exact) mass is 284 g/mol. The van der Waals surface area contributed by atoms with Crippen LogP contribution < -0.4 is 0 Å². The number of benzene rings is 1. The maximum absolute atomic E-state index is 12.6. The fourth-order valence-corrected chi connectivity index (χ4v) is 1.52. The van der Waals surface area contributed by atoms with Gasteiger partial charge in [-0.3, -0.25) is 0 Å². The highest BCUT2D eigenvalue weighted by molar-refractivity contribution is 9.13. The van der Waals surface area contributed by atoms with E-state index in [1.165, 1.54) is 6.07 Å². The lowest BCUT2D eigenvalue weighted by molar-refractivity contribution is 0.618. The molecule has 10 heavy (non-hydrogen) atoms. The molecule has 1 rings (SSSR count). The van der Waals surface area contributed by atoms with Crippen molar-refractivity contribution in [3.8, 4) is 0 Å². The van der Waals surface area contributed by atoms with Crippen molar-refractivity contribution in [1.29, 1.82) is 0 Å². The van der Waals surface area contributed by atoms with Gasteiger partial charge in [0.1, 0.15) is 5.82 Å². The lowest BCUT2D eigenvalue weighted by Crippen LogP contribution is -1.79. The molecule has 0 spiro atoms. The van der Waals surface area contributed by atoms with Gasteiger partial charge in [-0.2, -0.15) is 0 Å². The molecule has 4 heteroatoms. The van der Waals surface area contributed by atoms with E-state index in [-0.39, 0.29) is 5.82 Å². The van der Waals surface area contributed by atoms with E-state index in [1.54, 1.807) is 6.07 Å². The van der Waals surface area contributed by atoms with Crippen molar-refractivity contribution < 1.29 is 4.39 Å². The van der Waals surface area contributed by atoms with Crippen molar-refractivity contribution in [2.45, 2.75) is 4.90 Å². The highest BCUT2D eigenvalue weighted by Crippen LogP contribution is 2.31. The Kier molecular flexibility index (Phi) is 2.77. The van der Waals surface area contributed by atoms with Crippen LogP contribution >= 0.6 is 44.5 Å². The van der Waals surface area contributed by atoms with Crippen LogP contribution in [-0.2, 0) is 0 Å². The fraction of sp³-hybridized carbons (Fsp3) is 0. The van der Waals surface area contributed by atoms with Gasteiger partial charge in [0, 0.05) is 9.37 Å². The van der Waals surface area contributed by atoms with E-state index < -0.39 is 0 Å². The predicted molar refractivity (Wildman–Crippen MR) is 49.1 cm³/mol. The Hall–Kier alpha value is 0.460. The lowest BCUT2D eigenvalue weighted by Gasteiger charge is -1.99. The Morgan fingerprint density at radius 1 is 1.20 bits per heavy atom. The van der Waals surface area contributed by atoms with Crippen LogP contribution in [-0.4, -0.2) is 0 Å². The topological polar surface area (TPSA) is 0 Å². The maximum atomic E-state index is 12.6. The maximum Gasteiger partial charge on any atom is 0.138 e. The van der Waals surface area contributed by atoms with Gasteiger partial charge in [0.25, 0.3) is 0 Å². The largest absolute Gasteiger partial charge is 0.206 e. The number of hydrogen-bond donors (Lipinski definition) is 1. The Morgan fingerprint density at radius 2 is 1.80 bits per heavy atom. The number of thiol groups is 1. The molecule has 0 nitrogen and oxygen atoms in total. The minimum Gasteiger partial charge on any atom is -0.206 e. The number of halogens is 3. The molecule has 0 N–H and O–H groups in total. The minimum absolute atomic E-state index is 0.287. The van der Waals surface area contributed by atoms with E-state index in [0.29, 0.717) is 13.8 Å². The highest BCUT2D eigenvalue weighted by atomic mass is 79.9. The zero-order valence-electron chi connectivity index (χ0n) is 4.74. The molecular formula is C6H3Br2FS. The first-order chi connectivity index (χ1) is 4.63. The van der Waals surface area contributed by atoms with Crippen molar-refractivity contribution in [1.82, 2.24) is 0 Å². The summed E-state index contributed by atoms with van der Waals surface area (Å²) in [5, 5.41) is 0. The summed E-state index contributed by atoms with van der Waals surface area (Å²) in [5.74, 6) is -0.287. The van der Waals surface area contributed by atoms with Gasteiger partial charge >= 0.3 is 0 Å². The molecule has 0 aliphatic heterocycles. The summed E-state index contributed by atoms with van der Waals surface area (Å²) in [6.45, 7) is 0. The molecule has 0 saturated heterocycles. The third kappa shape index (κ3) is 1.54. The van der Waals surface area contributed by atoms with Crippen LogP contribution in [0.5, 0.6) is 0 Å². The molecule has 0 atom stereocenters. The zero-order chi connectivity index (χ0) is 7.72. The van der Waals surface area contributed by atoms with Crippen LogP contribution in [0.3, 0.4) is 0 Å². The molecule has 0 heterocycles. The summed E-state index contributed by atoms with van der Waals surface area (Å²) in [7, 11) is 0. The van der Waals surface area contributed by atoms with Crippen LogP contribution in [0, 0.1) is 5.82 Å². The van der Waals surface area contributed by atoms with Gasteiger partial charge < -0.3 is 0 Å². The molecule has 1 aromatic carbocycles. The van der Waals surface area contributed by atoms with Crippen molar-refractivity contribution in [2.75, 3.05) is 0 Å². The second kappa shape index (κ2) is 3.24. The molecule has 0 bridgehead atoms. The average Bonchev–Trinajstić information content (AvgIpc) is 1.93. The van der Waals surface area contributed by atoms with Crippen molar-refractivity contribution in [3.05, 3.63) is 26.9 Å². The standard InChI is InChI=1S/C6H3Br2FS/c7-5-3(9)1-2-4(10)6(5)8/h1-2,10H. The van der Waals surface area contributed by atoms with E-state index in [4.69, 9.17) is 0 Å². The van der Waals surface area contributed by atoms with Crippen LogP contribution in [0.1, 0.15) is 0 Å². The second-order valence-corrected chi connectivity index (χ2v) is 3.76. The van der Waals surface area contributed by atoms with Crippen molar-refractivity contribution in [2.24, 2.45) is 0 Å². The number of hydrogen-bond acceptors (Lipinski definition) is 1. The van der Waals surface area contributed by atoms with Crippen LogP contribution in [0.2, 0.25) is 0 Å². The Labute approximate surface area is 80.5 Å². The molecule has 1 aromatic rings. The van der Waals surface area contributed by atoms with E-state index in [9.17, 15) is 4.39 Å². The van der Waals surface area contributed by atoms with Crippen LogP contribution in [0.25, 0.3) is 0 Å². The molecule has 0 unspecified atom stereocenters. The summed E-state index contributed by atoms with van der Waals surface area (Å²) in [6, 6.07) is 2.95. The molecule has 0 fully saturated rings. The van der Waals surface area contributed by atoms with Gasteiger partial charge in [0.15, 0.2) is 0 Å². The summed E-state index contributed by atoms with van der Waals surface area (Å²) >= 11 is 10.3. The van der Waals surface area contributed by atoms with Crippen LogP contribution in [0.4, 0.5) is 4.39 Å². The third-order valence-corrected chi connectivity index (χ3v) is 3.82. The van der Waals surface area contributed by atoms with E-state index in [1.807, 2.05) is 0 Å². The van der Waals surface area contributed by atoms with Gasteiger partial charge in [-0.1, -0.05) is 0 Å².